The lowest BCUT2D eigenvalue weighted by Crippen LogP contribution is -2.45. The van der Waals surface area contributed by atoms with E-state index < -0.39 is 5.54 Å². The molecule has 0 radical (unpaired) electrons. The van der Waals surface area contributed by atoms with Crippen LogP contribution in [0.3, 0.4) is 0 Å². The molecule has 0 spiro atoms. The lowest BCUT2D eigenvalue weighted by Gasteiger charge is -2.36. The van der Waals surface area contributed by atoms with Crippen molar-refractivity contribution in [2.24, 2.45) is 11.1 Å². The van der Waals surface area contributed by atoms with Gasteiger partial charge in [-0.3, -0.25) is 4.79 Å². The summed E-state index contributed by atoms with van der Waals surface area (Å²) < 4.78 is 0. The third-order valence-corrected chi connectivity index (χ3v) is 5.77. The van der Waals surface area contributed by atoms with Crippen LogP contribution in [0.2, 0.25) is 0 Å². The maximum atomic E-state index is 12.5. The van der Waals surface area contributed by atoms with Crippen LogP contribution in [0.1, 0.15) is 63.1 Å². The van der Waals surface area contributed by atoms with Crippen molar-refractivity contribution in [2.45, 2.75) is 64.8 Å². The number of nitrogens with two attached hydrogens (primary N) is 1. The topological polar surface area (TPSA) is 68.0 Å². The highest BCUT2D eigenvalue weighted by molar-refractivity contribution is 7.09. The van der Waals surface area contributed by atoms with Gasteiger partial charge in [-0.25, -0.2) is 4.98 Å². The van der Waals surface area contributed by atoms with E-state index in [0.29, 0.717) is 13.0 Å². The minimum absolute atomic E-state index is 0.0111. The second-order valence-corrected chi connectivity index (χ2v) is 7.77. The van der Waals surface area contributed by atoms with Crippen molar-refractivity contribution in [3.63, 3.8) is 0 Å². The summed E-state index contributed by atoms with van der Waals surface area (Å²) in [4.78, 5) is 17.0. The molecule has 0 atom stereocenters. The number of hydrogen-bond donors (Lipinski definition) is 2. The molecule has 1 aliphatic rings. The zero-order valence-corrected chi connectivity index (χ0v) is 14.2. The molecule has 1 amide bonds. The van der Waals surface area contributed by atoms with Crippen molar-refractivity contribution in [3.8, 4) is 0 Å². The molecule has 3 N–H and O–H groups in total. The highest BCUT2D eigenvalue weighted by Crippen LogP contribution is 2.38. The molecule has 21 heavy (non-hydrogen) atoms. The second-order valence-electron chi connectivity index (χ2n) is 6.91. The Bertz CT molecular complexity index is 489. The predicted octanol–water partition coefficient (Wildman–Crippen LogP) is 3.10. The summed E-state index contributed by atoms with van der Waals surface area (Å²) in [5.74, 6) is 0.0974. The van der Waals surface area contributed by atoms with E-state index in [-0.39, 0.29) is 11.3 Å². The molecule has 4 nitrogen and oxygen atoms in total. The van der Waals surface area contributed by atoms with E-state index in [1.807, 2.05) is 26.2 Å². The van der Waals surface area contributed by atoms with Crippen LogP contribution < -0.4 is 11.1 Å². The first-order chi connectivity index (χ1) is 9.87. The number of carbonyl (C=O) groups is 1. The van der Waals surface area contributed by atoms with Gasteiger partial charge >= 0.3 is 0 Å². The number of thiazole rings is 1. The van der Waals surface area contributed by atoms with Crippen molar-refractivity contribution in [1.82, 2.24) is 10.3 Å². The van der Waals surface area contributed by atoms with Gasteiger partial charge in [0.05, 0.1) is 5.54 Å². The monoisotopic (exact) mass is 309 g/mol. The maximum Gasteiger partial charge on any atom is 0.221 e. The van der Waals surface area contributed by atoms with Gasteiger partial charge in [-0.05, 0) is 45.6 Å². The number of nitrogens with one attached hydrogen (secondary N) is 1. The van der Waals surface area contributed by atoms with Crippen LogP contribution in [0.5, 0.6) is 0 Å². The summed E-state index contributed by atoms with van der Waals surface area (Å²) in [6.07, 6.45) is 6.35. The van der Waals surface area contributed by atoms with Gasteiger partial charge in [0.15, 0.2) is 0 Å². The zero-order valence-electron chi connectivity index (χ0n) is 13.4. The summed E-state index contributed by atoms with van der Waals surface area (Å²) in [6.45, 7) is 6.61. The number of rotatable bonds is 5. The third-order valence-electron chi connectivity index (χ3n) is 4.49. The number of aryl methyl sites for hydroxylation is 1. The van der Waals surface area contributed by atoms with E-state index in [0.717, 1.165) is 23.5 Å². The Morgan fingerprint density at radius 1 is 1.43 bits per heavy atom. The Morgan fingerprint density at radius 3 is 2.62 bits per heavy atom. The summed E-state index contributed by atoms with van der Waals surface area (Å²) in [6, 6.07) is 0. The molecule has 1 aromatic heterocycles. The highest BCUT2D eigenvalue weighted by atomic mass is 32.1. The number of hydrogen-bond acceptors (Lipinski definition) is 4. The van der Waals surface area contributed by atoms with Gasteiger partial charge < -0.3 is 11.1 Å². The number of amides is 1. The average molecular weight is 309 g/mol. The van der Waals surface area contributed by atoms with Gasteiger partial charge in [0.25, 0.3) is 0 Å². The third kappa shape index (κ3) is 4.04. The van der Waals surface area contributed by atoms with Crippen molar-refractivity contribution < 1.29 is 4.79 Å². The van der Waals surface area contributed by atoms with Gasteiger partial charge in [0.2, 0.25) is 5.91 Å². The Kier molecular flexibility index (Phi) is 5.04. The quantitative estimate of drug-likeness (QED) is 0.878. The SMILES string of the molecule is Cc1csc(C(C)(C)NC(=O)CC2(CN)CCCCC2)n1. The summed E-state index contributed by atoms with van der Waals surface area (Å²) in [5, 5.41) is 6.12. The molecule has 0 bridgehead atoms. The fourth-order valence-corrected chi connectivity index (χ4v) is 4.06. The first-order valence-electron chi connectivity index (χ1n) is 7.81. The van der Waals surface area contributed by atoms with Crippen LogP contribution in [0.15, 0.2) is 5.38 Å². The predicted molar refractivity (Wildman–Crippen MR) is 87.2 cm³/mol. The first kappa shape index (κ1) is 16.4. The van der Waals surface area contributed by atoms with Crippen LogP contribution in [0, 0.1) is 12.3 Å². The van der Waals surface area contributed by atoms with Crippen LogP contribution in [0.4, 0.5) is 0 Å². The van der Waals surface area contributed by atoms with Crippen LogP contribution in [-0.2, 0) is 10.3 Å². The molecule has 0 aliphatic heterocycles. The van der Waals surface area contributed by atoms with E-state index in [9.17, 15) is 4.79 Å². The molecule has 0 saturated heterocycles. The Labute approximate surface area is 131 Å². The highest BCUT2D eigenvalue weighted by Gasteiger charge is 2.35. The van der Waals surface area contributed by atoms with Crippen molar-refractivity contribution in [1.29, 1.82) is 0 Å². The second kappa shape index (κ2) is 6.44. The van der Waals surface area contributed by atoms with Gasteiger partial charge in [-0.15, -0.1) is 11.3 Å². The molecule has 0 aromatic carbocycles. The van der Waals surface area contributed by atoms with Gasteiger partial charge in [-0.1, -0.05) is 19.3 Å². The van der Waals surface area contributed by atoms with Crippen LogP contribution in [-0.4, -0.2) is 17.4 Å². The number of nitrogens with zero attached hydrogens (tertiary/aromatic N) is 1. The number of aromatic nitrogens is 1. The lowest BCUT2D eigenvalue weighted by molar-refractivity contribution is -0.125. The lowest BCUT2D eigenvalue weighted by atomic mass is 9.71. The molecule has 0 unspecified atom stereocenters. The van der Waals surface area contributed by atoms with Crippen LogP contribution >= 0.6 is 11.3 Å². The molecule has 2 rings (SSSR count). The Hall–Kier alpha value is -0.940. The van der Waals surface area contributed by atoms with E-state index >= 15 is 0 Å². The normalized spacial score (nSPS) is 18.5. The van der Waals surface area contributed by atoms with Crippen molar-refractivity contribution >= 4 is 17.2 Å². The molecule has 5 heteroatoms. The van der Waals surface area contributed by atoms with Gasteiger partial charge in [0.1, 0.15) is 5.01 Å². The molecule has 1 heterocycles. The first-order valence-corrected chi connectivity index (χ1v) is 8.69. The molecule has 118 valence electrons. The average Bonchev–Trinajstić information content (AvgIpc) is 2.86. The largest absolute Gasteiger partial charge is 0.345 e. The van der Waals surface area contributed by atoms with Crippen LogP contribution in [0.25, 0.3) is 0 Å². The van der Waals surface area contributed by atoms with E-state index in [2.05, 4.69) is 10.3 Å². The van der Waals surface area contributed by atoms with Gasteiger partial charge in [-0.2, -0.15) is 0 Å². The molecular formula is C16H27N3OS. The summed E-state index contributed by atoms with van der Waals surface area (Å²) in [5.41, 5.74) is 6.57. The minimum atomic E-state index is -0.416. The summed E-state index contributed by atoms with van der Waals surface area (Å²) >= 11 is 1.60. The van der Waals surface area contributed by atoms with E-state index in [1.165, 1.54) is 19.3 Å². The fourth-order valence-electron chi connectivity index (χ4n) is 3.18. The van der Waals surface area contributed by atoms with Crippen molar-refractivity contribution in [2.75, 3.05) is 6.54 Å². The molecule has 1 aliphatic carbocycles. The van der Waals surface area contributed by atoms with Gasteiger partial charge in [0, 0.05) is 17.5 Å². The molecule has 1 fully saturated rings. The molecule has 1 aromatic rings. The standard InChI is InChI=1S/C16H27N3OS/c1-12-10-21-14(18-12)15(2,3)19-13(20)9-16(11-17)7-5-4-6-8-16/h10H,4-9,11,17H2,1-3H3,(H,19,20). The smallest absolute Gasteiger partial charge is 0.221 e. The molecular weight excluding hydrogens is 282 g/mol. The fraction of sp³-hybridized carbons (Fsp3) is 0.750. The van der Waals surface area contributed by atoms with Crippen molar-refractivity contribution in [3.05, 3.63) is 16.1 Å². The number of carbonyl (C=O) groups excluding carboxylic acids is 1. The van der Waals surface area contributed by atoms with E-state index in [4.69, 9.17) is 5.73 Å². The minimum Gasteiger partial charge on any atom is -0.345 e. The Morgan fingerprint density at radius 2 is 2.10 bits per heavy atom. The Balaban J connectivity index is 2.00. The molecule has 1 saturated carbocycles. The maximum absolute atomic E-state index is 12.5. The summed E-state index contributed by atoms with van der Waals surface area (Å²) in [7, 11) is 0. The zero-order chi connectivity index (χ0) is 15.5. The van der Waals surface area contributed by atoms with E-state index in [1.54, 1.807) is 11.3 Å².